The van der Waals surface area contributed by atoms with Crippen LogP contribution in [0.4, 0.5) is 0 Å². The first kappa shape index (κ1) is 20.9. The molecule has 0 spiro atoms. The molecule has 0 saturated carbocycles. The molecule has 1 aromatic carbocycles. The Bertz CT molecular complexity index is 925. The smallest absolute Gasteiger partial charge is 0.305 e. The SMILES string of the molecule is CCOC(=O)CCCCc1nnccc1C#Cc1ccc2c(c1)C(C)(C)CCO2. The van der Waals surface area contributed by atoms with Gasteiger partial charge in [-0.3, -0.25) is 4.79 Å². The van der Waals surface area contributed by atoms with E-state index in [1.807, 2.05) is 25.1 Å². The van der Waals surface area contributed by atoms with Gasteiger partial charge in [0.25, 0.3) is 0 Å². The van der Waals surface area contributed by atoms with E-state index in [2.05, 4.69) is 42.0 Å². The number of esters is 1. The first-order valence-electron chi connectivity index (χ1n) is 10.2. The molecule has 1 aliphatic rings. The van der Waals surface area contributed by atoms with Gasteiger partial charge >= 0.3 is 5.97 Å². The number of hydrogen-bond acceptors (Lipinski definition) is 5. The van der Waals surface area contributed by atoms with Crippen molar-refractivity contribution < 1.29 is 14.3 Å². The van der Waals surface area contributed by atoms with Crippen molar-refractivity contribution in [3.63, 3.8) is 0 Å². The van der Waals surface area contributed by atoms with Crippen LogP contribution in [0.5, 0.6) is 5.75 Å². The molecule has 152 valence electrons. The summed E-state index contributed by atoms with van der Waals surface area (Å²) < 4.78 is 10.7. The Hall–Kier alpha value is -2.87. The van der Waals surface area contributed by atoms with Crippen molar-refractivity contribution in [2.75, 3.05) is 13.2 Å². The van der Waals surface area contributed by atoms with Crippen LogP contribution in [0.2, 0.25) is 0 Å². The largest absolute Gasteiger partial charge is 0.493 e. The van der Waals surface area contributed by atoms with Gasteiger partial charge in [0.2, 0.25) is 0 Å². The Morgan fingerprint density at radius 1 is 1.24 bits per heavy atom. The van der Waals surface area contributed by atoms with Crippen molar-refractivity contribution in [3.05, 3.63) is 52.8 Å². The molecule has 2 aromatic rings. The predicted molar refractivity (Wildman–Crippen MR) is 112 cm³/mol. The second-order valence-corrected chi connectivity index (χ2v) is 7.85. The van der Waals surface area contributed by atoms with Crippen LogP contribution in [0, 0.1) is 11.8 Å². The summed E-state index contributed by atoms with van der Waals surface area (Å²) in [7, 11) is 0. The van der Waals surface area contributed by atoms with E-state index in [0.717, 1.165) is 54.9 Å². The maximum atomic E-state index is 11.4. The number of carbonyl (C=O) groups is 1. The second-order valence-electron chi connectivity index (χ2n) is 7.85. The molecule has 0 unspecified atom stereocenters. The van der Waals surface area contributed by atoms with E-state index < -0.39 is 0 Å². The van der Waals surface area contributed by atoms with Gasteiger partial charge in [-0.25, -0.2) is 0 Å². The monoisotopic (exact) mass is 392 g/mol. The topological polar surface area (TPSA) is 61.3 Å². The van der Waals surface area contributed by atoms with Crippen LogP contribution >= 0.6 is 0 Å². The normalized spacial score (nSPS) is 14.2. The molecule has 29 heavy (non-hydrogen) atoms. The Kier molecular flexibility index (Phi) is 6.87. The quantitative estimate of drug-likeness (QED) is 0.419. The van der Waals surface area contributed by atoms with Gasteiger partial charge in [-0.05, 0) is 62.3 Å². The number of hydrogen-bond donors (Lipinski definition) is 0. The molecule has 5 heteroatoms. The summed E-state index contributed by atoms with van der Waals surface area (Å²) in [4.78, 5) is 11.4. The van der Waals surface area contributed by atoms with Gasteiger partial charge in [0.05, 0.1) is 25.1 Å². The van der Waals surface area contributed by atoms with Crippen molar-refractivity contribution in [1.82, 2.24) is 10.2 Å². The van der Waals surface area contributed by atoms with E-state index in [4.69, 9.17) is 9.47 Å². The Labute approximate surface area is 172 Å². The third-order valence-corrected chi connectivity index (χ3v) is 5.18. The van der Waals surface area contributed by atoms with Gasteiger partial charge in [0.15, 0.2) is 0 Å². The molecular formula is C24H28N2O3. The number of nitrogens with zero attached hydrogens (tertiary/aromatic N) is 2. The van der Waals surface area contributed by atoms with Crippen LogP contribution in [0.3, 0.4) is 0 Å². The molecule has 2 heterocycles. The van der Waals surface area contributed by atoms with E-state index in [0.29, 0.717) is 13.0 Å². The maximum absolute atomic E-state index is 11.4. The van der Waals surface area contributed by atoms with Gasteiger partial charge in [0, 0.05) is 23.1 Å². The fourth-order valence-corrected chi connectivity index (χ4v) is 3.41. The molecule has 0 bridgehead atoms. The average Bonchev–Trinajstić information content (AvgIpc) is 2.71. The van der Waals surface area contributed by atoms with E-state index in [1.165, 1.54) is 5.56 Å². The fraction of sp³-hybridized carbons (Fsp3) is 0.458. The fourth-order valence-electron chi connectivity index (χ4n) is 3.41. The lowest BCUT2D eigenvalue weighted by Crippen LogP contribution is -2.26. The lowest BCUT2D eigenvalue weighted by Gasteiger charge is -2.32. The zero-order chi connectivity index (χ0) is 20.7. The summed E-state index contributed by atoms with van der Waals surface area (Å²) in [5, 5.41) is 8.24. The van der Waals surface area contributed by atoms with Crippen LogP contribution in [0.1, 0.15) is 68.8 Å². The molecule has 0 amide bonds. The minimum absolute atomic E-state index is 0.0909. The summed E-state index contributed by atoms with van der Waals surface area (Å²) in [5.74, 6) is 7.33. The highest BCUT2D eigenvalue weighted by Gasteiger charge is 2.28. The molecule has 3 rings (SSSR count). The van der Waals surface area contributed by atoms with Crippen molar-refractivity contribution in [2.24, 2.45) is 0 Å². The molecule has 1 aliphatic heterocycles. The zero-order valence-electron chi connectivity index (χ0n) is 17.5. The van der Waals surface area contributed by atoms with Gasteiger partial charge in [-0.1, -0.05) is 25.7 Å². The minimum atomic E-state index is -0.147. The summed E-state index contributed by atoms with van der Waals surface area (Å²) in [6.45, 7) is 7.49. The standard InChI is InChI=1S/C24H28N2O3/c1-4-28-23(27)8-6-5-7-21-19(13-15-25-26-21)11-9-18-10-12-22-20(17-18)24(2,3)14-16-29-22/h10,12-13,15,17H,4-8,14,16H2,1-3H3. The zero-order valence-corrected chi connectivity index (χ0v) is 17.5. The lowest BCUT2D eigenvalue weighted by atomic mass is 9.79. The van der Waals surface area contributed by atoms with E-state index >= 15 is 0 Å². The summed E-state index contributed by atoms with van der Waals surface area (Å²) in [6, 6.07) is 8.05. The summed E-state index contributed by atoms with van der Waals surface area (Å²) >= 11 is 0. The molecule has 0 fully saturated rings. The molecule has 1 aromatic heterocycles. The molecule has 0 saturated heterocycles. The molecule has 5 nitrogen and oxygen atoms in total. The van der Waals surface area contributed by atoms with Crippen LogP contribution in [-0.4, -0.2) is 29.4 Å². The number of aromatic nitrogens is 2. The Morgan fingerprint density at radius 3 is 2.93 bits per heavy atom. The number of benzene rings is 1. The summed E-state index contributed by atoms with van der Waals surface area (Å²) in [5.41, 5.74) is 4.01. The number of unbranched alkanes of at least 4 members (excludes halogenated alkanes) is 1. The van der Waals surface area contributed by atoms with Crippen molar-refractivity contribution >= 4 is 5.97 Å². The van der Waals surface area contributed by atoms with Gasteiger partial charge in [0.1, 0.15) is 5.75 Å². The number of carbonyl (C=O) groups excluding carboxylic acids is 1. The third kappa shape index (κ3) is 5.57. The Balaban J connectivity index is 1.69. The van der Waals surface area contributed by atoms with E-state index in [-0.39, 0.29) is 11.4 Å². The highest BCUT2D eigenvalue weighted by molar-refractivity contribution is 5.69. The van der Waals surface area contributed by atoms with Gasteiger partial charge in [-0.2, -0.15) is 10.2 Å². The number of fused-ring (bicyclic) bond motifs is 1. The van der Waals surface area contributed by atoms with Gasteiger partial charge in [-0.15, -0.1) is 0 Å². The predicted octanol–water partition coefficient (Wildman–Crippen LogP) is 4.21. The van der Waals surface area contributed by atoms with Crippen molar-refractivity contribution in [3.8, 4) is 17.6 Å². The van der Waals surface area contributed by atoms with Crippen LogP contribution in [0.15, 0.2) is 30.5 Å². The van der Waals surface area contributed by atoms with E-state index in [9.17, 15) is 4.79 Å². The van der Waals surface area contributed by atoms with Crippen LogP contribution < -0.4 is 4.74 Å². The summed E-state index contributed by atoms with van der Waals surface area (Å²) in [6.07, 6.45) is 5.44. The van der Waals surface area contributed by atoms with Gasteiger partial charge < -0.3 is 9.47 Å². The van der Waals surface area contributed by atoms with Crippen molar-refractivity contribution in [2.45, 2.75) is 58.3 Å². The number of rotatable bonds is 6. The minimum Gasteiger partial charge on any atom is -0.493 e. The highest BCUT2D eigenvalue weighted by atomic mass is 16.5. The highest BCUT2D eigenvalue weighted by Crippen LogP contribution is 2.38. The van der Waals surface area contributed by atoms with Crippen LogP contribution in [0.25, 0.3) is 0 Å². The first-order chi connectivity index (χ1) is 14.0. The number of aryl methyl sites for hydroxylation is 1. The number of ether oxygens (including phenoxy) is 2. The molecule has 0 N–H and O–H groups in total. The molecular weight excluding hydrogens is 364 g/mol. The average molecular weight is 392 g/mol. The second kappa shape index (κ2) is 9.56. The first-order valence-corrected chi connectivity index (χ1v) is 10.2. The molecule has 0 aliphatic carbocycles. The maximum Gasteiger partial charge on any atom is 0.305 e. The molecule has 0 radical (unpaired) electrons. The van der Waals surface area contributed by atoms with E-state index in [1.54, 1.807) is 6.20 Å². The van der Waals surface area contributed by atoms with Crippen LogP contribution in [-0.2, 0) is 21.4 Å². The Morgan fingerprint density at radius 2 is 2.10 bits per heavy atom. The third-order valence-electron chi connectivity index (χ3n) is 5.18. The van der Waals surface area contributed by atoms with Crippen molar-refractivity contribution in [1.29, 1.82) is 0 Å². The molecule has 0 atom stereocenters. The lowest BCUT2D eigenvalue weighted by molar-refractivity contribution is -0.143.